The summed E-state index contributed by atoms with van der Waals surface area (Å²) >= 11 is 1.66. The maximum Gasteiger partial charge on any atom is 0.163 e. The lowest BCUT2D eigenvalue weighted by Gasteiger charge is -2.02. The molecule has 4 heteroatoms. The van der Waals surface area contributed by atoms with Gasteiger partial charge >= 0.3 is 0 Å². The van der Waals surface area contributed by atoms with Gasteiger partial charge in [0.05, 0.1) is 22.3 Å². The normalized spacial score (nSPS) is 10.7. The van der Waals surface area contributed by atoms with E-state index in [1.165, 1.54) is 4.70 Å². The van der Waals surface area contributed by atoms with Crippen LogP contribution >= 0.6 is 11.3 Å². The van der Waals surface area contributed by atoms with Gasteiger partial charge in [-0.2, -0.15) is 0 Å². The number of para-hydroxylation sites is 1. The molecule has 0 N–H and O–H groups in total. The number of carbonyl (C=O) groups is 1. The van der Waals surface area contributed by atoms with Crippen molar-refractivity contribution in [1.82, 2.24) is 4.98 Å². The van der Waals surface area contributed by atoms with Gasteiger partial charge in [-0.3, -0.25) is 4.79 Å². The molecule has 0 fully saturated rings. The van der Waals surface area contributed by atoms with Gasteiger partial charge in [-0.05, 0) is 36.4 Å². The molecule has 0 aliphatic carbocycles. The Bertz CT molecular complexity index is 729. The fraction of sp³-hybridized carbons (Fsp3) is 0.176. The molecule has 0 unspecified atom stereocenters. The fourth-order valence-electron chi connectivity index (χ4n) is 2.17. The summed E-state index contributed by atoms with van der Waals surface area (Å²) in [4.78, 5) is 16.7. The summed E-state index contributed by atoms with van der Waals surface area (Å²) in [7, 11) is 1.62. The average Bonchev–Trinajstić information content (AvgIpc) is 2.95. The van der Waals surface area contributed by atoms with Crippen molar-refractivity contribution in [2.75, 3.05) is 7.11 Å². The second-order valence-corrected chi connectivity index (χ2v) is 5.84. The van der Waals surface area contributed by atoms with Crippen LogP contribution in [-0.4, -0.2) is 17.9 Å². The quantitative estimate of drug-likeness (QED) is 0.665. The molecule has 0 saturated carbocycles. The van der Waals surface area contributed by atoms with Crippen molar-refractivity contribution in [3.8, 4) is 5.75 Å². The maximum atomic E-state index is 12.2. The Hall–Kier alpha value is -2.20. The van der Waals surface area contributed by atoms with E-state index < -0.39 is 0 Å². The molecule has 1 heterocycles. The summed E-state index contributed by atoms with van der Waals surface area (Å²) < 4.78 is 6.26. The highest BCUT2D eigenvalue weighted by atomic mass is 32.1. The van der Waals surface area contributed by atoms with Crippen LogP contribution in [0, 0.1) is 0 Å². The number of methoxy groups -OCH3 is 1. The van der Waals surface area contributed by atoms with Crippen LogP contribution in [0.15, 0.2) is 48.5 Å². The minimum absolute atomic E-state index is 0.136. The van der Waals surface area contributed by atoms with E-state index in [-0.39, 0.29) is 5.78 Å². The van der Waals surface area contributed by atoms with Gasteiger partial charge in [0.1, 0.15) is 5.75 Å². The van der Waals surface area contributed by atoms with Crippen molar-refractivity contribution in [3.63, 3.8) is 0 Å². The molecule has 0 atom stereocenters. The van der Waals surface area contributed by atoms with Crippen LogP contribution in [0.5, 0.6) is 5.75 Å². The Morgan fingerprint density at radius 1 is 1.14 bits per heavy atom. The van der Waals surface area contributed by atoms with E-state index in [2.05, 4.69) is 11.1 Å². The van der Waals surface area contributed by atoms with Crippen LogP contribution in [0.3, 0.4) is 0 Å². The lowest BCUT2D eigenvalue weighted by molar-refractivity contribution is 0.0983. The first-order valence-electron chi connectivity index (χ1n) is 6.78. The third-order valence-electron chi connectivity index (χ3n) is 3.32. The van der Waals surface area contributed by atoms with Crippen LogP contribution in [0.1, 0.15) is 21.8 Å². The molecule has 3 nitrogen and oxygen atoms in total. The summed E-state index contributed by atoms with van der Waals surface area (Å²) in [5, 5.41) is 1.01. The summed E-state index contributed by atoms with van der Waals surface area (Å²) in [6, 6.07) is 15.3. The molecule has 0 radical (unpaired) electrons. The fourth-order valence-corrected chi connectivity index (χ4v) is 3.14. The number of Topliss-reactive ketones (excluding diaryl/α,β-unsaturated/α-hetero) is 1. The lowest BCUT2D eigenvalue weighted by Crippen LogP contribution is -2.01. The number of ketones is 1. The number of thiazole rings is 1. The van der Waals surface area contributed by atoms with Crippen LogP contribution in [-0.2, 0) is 6.42 Å². The standard InChI is InChI=1S/C17H15NO2S/c1-20-13-8-6-12(7-9-13)15(19)10-11-17-18-14-4-2-3-5-16(14)21-17/h2-9H,10-11H2,1H3. The maximum absolute atomic E-state index is 12.2. The molecule has 3 rings (SSSR count). The number of aryl methyl sites for hydroxylation is 1. The zero-order valence-electron chi connectivity index (χ0n) is 11.7. The van der Waals surface area contributed by atoms with Crippen molar-refractivity contribution >= 4 is 27.3 Å². The zero-order valence-corrected chi connectivity index (χ0v) is 12.5. The number of hydrogen-bond acceptors (Lipinski definition) is 4. The molecule has 0 saturated heterocycles. The monoisotopic (exact) mass is 297 g/mol. The van der Waals surface area contributed by atoms with Gasteiger partial charge in [0, 0.05) is 18.4 Å². The van der Waals surface area contributed by atoms with E-state index in [1.807, 2.05) is 30.3 Å². The first-order chi connectivity index (χ1) is 10.3. The Morgan fingerprint density at radius 2 is 1.90 bits per heavy atom. The topological polar surface area (TPSA) is 39.2 Å². The van der Waals surface area contributed by atoms with E-state index in [9.17, 15) is 4.79 Å². The van der Waals surface area contributed by atoms with Gasteiger partial charge < -0.3 is 4.74 Å². The molecule has 3 aromatic rings. The minimum Gasteiger partial charge on any atom is -0.497 e. The molecular formula is C17H15NO2S. The van der Waals surface area contributed by atoms with E-state index in [0.717, 1.165) is 21.8 Å². The van der Waals surface area contributed by atoms with Gasteiger partial charge in [-0.1, -0.05) is 12.1 Å². The highest BCUT2D eigenvalue weighted by Crippen LogP contribution is 2.23. The summed E-state index contributed by atoms with van der Waals surface area (Å²) in [5.74, 6) is 0.898. The van der Waals surface area contributed by atoms with Gasteiger partial charge in [-0.25, -0.2) is 4.98 Å². The molecule has 0 spiro atoms. The third-order valence-corrected chi connectivity index (χ3v) is 4.41. The number of fused-ring (bicyclic) bond motifs is 1. The Balaban J connectivity index is 1.67. The van der Waals surface area contributed by atoms with Gasteiger partial charge in [0.2, 0.25) is 0 Å². The Morgan fingerprint density at radius 3 is 2.62 bits per heavy atom. The SMILES string of the molecule is COc1ccc(C(=O)CCc2nc3ccccc3s2)cc1. The molecular weight excluding hydrogens is 282 g/mol. The number of nitrogens with zero attached hydrogens (tertiary/aromatic N) is 1. The van der Waals surface area contributed by atoms with Crippen LogP contribution < -0.4 is 4.74 Å². The second kappa shape index (κ2) is 6.06. The summed E-state index contributed by atoms with van der Waals surface area (Å²) in [5.41, 5.74) is 1.73. The van der Waals surface area contributed by atoms with Gasteiger partial charge in [-0.15, -0.1) is 11.3 Å². The smallest absolute Gasteiger partial charge is 0.163 e. The predicted molar refractivity (Wildman–Crippen MR) is 85.3 cm³/mol. The largest absolute Gasteiger partial charge is 0.497 e. The van der Waals surface area contributed by atoms with E-state index >= 15 is 0 Å². The van der Waals surface area contributed by atoms with Gasteiger partial charge in [0.15, 0.2) is 5.78 Å². The minimum atomic E-state index is 0.136. The number of carbonyl (C=O) groups excluding carboxylic acids is 1. The number of aromatic nitrogens is 1. The zero-order chi connectivity index (χ0) is 14.7. The summed E-state index contributed by atoms with van der Waals surface area (Å²) in [6.45, 7) is 0. The molecule has 0 bridgehead atoms. The Kier molecular flexibility index (Phi) is 3.97. The third kappa shape index (κ3) is 3.11. The first kappa shape index (κ1) is 13.8. The number of hydrogen-bond donors (Lipinski definition) is 0. The van der Waals surface area contributed by atoms with E-state index in [1.54, 1.807) is 30.6 Å². The number of rotatable bonds is 5. The van der Waals surface area contributed by atoms with Crippen LogP contribution in [0.25, 0.3) is 10.2 Å². The molecule has 21 heavy (non-hydrogen) atoms. The van der Waals surface area contributed by atoms with Crippen LogP contribution in [0.4, 0.5) is 0 Å². The molecule has 0 amide bonds. The van der Waals surface area contributed by atoms with E-state index in [0.29, 0.717) is 12.8 Å². The average molecular weight is 297 g/mol. The molecule has 106 valence electrons. The van der Waals surface area contributed by atoms with Crippen molar-refractivity contribution in [2.24, 2.45) is 0 Å². The van der Waals surface area contributed by atoms with Crippen molar-refractivity contribution < 1.29 is 9.53 Å². The van der Waals surface area contributed by atoms with Crippen molar-refractivity contribution in [1.29, 1.82) is 0 Å². The highest BCUT2D eigenvalue weighted by molar-refractivity contribution is 7.18. The van der Waals surface area contributed by atoms with Crippen molar-refractivity contribution in [3.05, 3.63) is 59.1 Å². The number of benzene rings is 2. The molecule has 2 aromatic carbocycles. The van der Waals surface area contributed by atoms with Gasteiger partial charge in [0.25, 0.3) is 0 Å². The van der Waals surface area contributed by atoms with E-state index in [4.69, 9.17) is 4.74 Å². The molecule has 0 aliphatic heterocycles. The van der Waals surface area contributed by atoms with Crippen LogP contribution in [0.2, 0.25) is 0 Å². The molecule has 0 aliphatic rings. The number of ether oxygens (including phenoxy) is 1. The van der Waals surface area contributed by atoms with Crippen molar-refractivity contribution in [2.45, 2.75) is 12.8 Å². The predicted octanol–water partition coefficient (Wildman–Crippen LogP) is 4.12. The molecule has 1 aromatic heterocycles. The second-order valence-electron chi connectivity index (χ2n) is 4.73. The summed E-state index contributed by atoms with van der Waals surface area (Å²) in [6.07, 6.45) is 1.16. The first-order valence-corrected chi connectivity index (χ1v) is 7.59. The highest BCUT2D eigenvalue weighted by Gasteiger charge is 2.09. The Labute approximate surface area is 127 Å². The lowest BCUT2D eigenvalue weighted by atomic mass is 10.1.